The van der Waals surface area contributed by atoms with Crippen LogP contribution in [0.3, 0.4) is 0 Å². The molecule has 1 fully saturated rings. The van der Waals surface area contributed by atoms with Gasteiger partial charge in [0.2, 0.25) is 6.29 Å². The van der Waals surface area contributed by atoms with Crippen molar-refractivity contribution in [2.75, 3.05) is 6.61 Å². The minimum absolute atomic E-state index is 0. The third-order valence-corrected chi connectivity index (χ3v) is 3.28. The van der Waals surface area contributed by atoms with E-state index in [1.54, 1.807) is 0 Å². The van der Waals surface area contributed by atoms with E-state index in [9.17, 15) is 25.2 Å². The van der Waals surface area contributed by atoms with Crippen molar-refractivity contribution in [2.24, 2.45) is 0 Å². The largest absolute Gasteiger partial charge is 1.00 e. The summed E-state index contributed by atoms with van der Waals surface area (Å²) < 4.78 is 10.3. The van der Waals surface area contributed by atoms with Crippen LogP contribution < -0.4 is 61.2 Å². The third kappa shape index (κ3) is 4.63. The van der Waals surface area contributed by atoms with Crippen LogP contribution in [0.5, 0.6) is 11.5 Å². The average molecular weight is 354 g/mol. The predicted molar refractivity (Wildman–Crippen MR) is 67.2 cm³/mol. The molecule has 1 aromatic carbocycles. The number of hydrogen-bond donors (Lipinski definition) is 5. The number of aliphatic hydroxyl groups is 4. The number of rotatable bonds is 4. The van der Waals surface area contributed by atoms with Crippen LogP contribution in [-0.4, -0.2) is 68.8 Å². The van der Waals surface area contributed by atoms with E-state index in [2.05, 4.69) is 0 Å². The Kier molecular flexibility index (Phi) is 7.87. The van der Waals surface area contributed by atoms with E-state index < -0.39 is 54.6 Å². The molecule has 0 bridgehead atoms. The van der Waals surface area contributed by atoms with Gasteiger partial charge < -0.3 is 40.1 Å². The molecule has 5 N–H and O–H groups in total. The molecule has 1 saturated heterocycles. The second kappa shape index (κ2) is 8.71. The van der Waals surface area contributed by atoms with Gasteiger partial charge in [-0.2, -0.15) is 0 Å². The molecule has 9 nitrogen and oxygen atoms in total. The standard InChI is InChI=1S/C13H16O9.K/c14-4-8-9(16)10(17)11(18)13(22-8)21-5-1-2-7(15)6(3-5)12(19)20;/h1-3,8-11,13-18H,4H2,(H,19,20);/q;+1/p-1/t8-,9-,10+,11-,13-;/m1./s1. The fraction of sp³-hybridized carbons (Fsp3) is 0.462. The monoisotopic (exact) mass is 354 g/mol. The topological polar surface area (TPSA) is 160 Å². The molecule has 1 aromatic rings. The Morgan fingerprint density at radius 2 is 1.87 bits per heavy atom. The van der Waals surface area contributed by atoms with Crippen LogP contribution in [0.4, 0.5) is 0 Å². The van der Waals surface area contributed by atoms with E-state index in [-0.39, 0.29) is 57.1 Å². The SMILES string of the molecule is O=C(O)c1cc(O[C@@H]2O[C@H](CO)[C@@H](O)[C@H](O)[C@H]2O)ccc1[O-].[K+]. The predicted octanol–water partition coefficient (Wildman–Crippen LogP) is -5.36. The number of carboxylic acids is 1. The van der Waals surface area contributed by atoms with Gasteiger partial charge in [0.05, 0.1) is 12.2 Å². The Labute approximate surface area is 173 Å². The van der Waals surface area contributed by atoms with E-state index in [0.29, 0.717) is 0 Å². The summed E-state index contributed by atoms with van der Waals surface area (Å²) in [6, 6.07) is 3.10. The molecule has 0 saturated carbocycles. The normalized spacial score (nSPS) is 30.3. The van der Waals surface area contributed by atoms with Gasteiger partial charge in [0.1, 0.15) is 30.2 Å². The van der Waals surface area contributed by atoms with E-state index in [1.807, 2.05) is 0 Å². The van der Waals surface area contributed by atoms with Crippen LogP contribution in [0, 0.1) is 0 Å². The zero-order chi connectivity index (χ0) is 16.4. The van der Waals surface area contributed by atoms with E-state index in [4.69, 9.17) is 19.7 Å². The van der Waals surface area contributed by atoms with Gasteiger partial charge >= 0.3 is 57.4 Å². The molecule has 5 atom stereocenters. The summed E-state index contributed by atoms with van der Waals surface area (Å²) >= 11 is 0. The van der Waals surface area contributed by atoms with Crippen molar-refractivity contribution in [3.05, 3.63) is 23.8 Å². The summed E-state index contributed by atoms with van der Waals surface area (Å²) in [5.74, 6) is -2.24. The van der Waals surface area contributed by atoms with E-state index in [0.717, 1.165) is 12.1 Å². The van der Waals surface area contributed by atoms with Crippen LogP contribution in [0.1, 0.15) is 10.4 Å². The van der Waals surface area contributed by atoms with Crippen molar-refractivity contribution in [1.29, 1.82) is 0 Å². The van der Waals surface area contributed by atoms with Crippen LogP contribution in [0.25, 0.3) is 0 Å². The molecule has 0 spiro atoms. The fourth-order valence-corrected chi connectivity index (χ4v) is 2.05. The number of carboxylic acid groups (broad SMARTS) is 1. The molecular formula is C13H15KO9. The number of ether oxygens (including phenoxy) is 2. The first kappa shape index (κ1) is 20.8. The van der Waals surface area contributed by atoms with Crippen LogP contribution in [0.2, 0.25) is 0 Å². The van der Waals surface area contributed by atoms with Crippen LogP contribution >= 0.6 is 0 Å². The van der Waals surface area contributed by atoms with Gasteiger partial charge in [0, 0.05) is 0 Å². The van der Waals surface area contributed by atoms with Crippen molar-refractivity contribution >= 4 is 5.97 Å². The second-order valence-electron chi connectivity index (χ2n) is 4.78. The zero-order valence-corrected chi connectivity index (χ0v) is 15.3. The van der Waals surface area contributed by atoms with Gasteiger partial charge in [-0.15, -0.1) is 0 Å². The Hall–Kier alpha value is -0.274. The Balaban J connectivity index is 0.00000264. The molecule has 10 heteroatoms. The minimum Gasteiger partial charge on any atom is -0.872 e. The molecular weight excluding hydrogens is 339 g/mol. The Morgan fingerprint density at radius 1 is 1.22 bits per heavy atom. The van der Waals surface area contributed by atoms with Gasteiger partial charge in [0.25, 0.3) is 0 Å². The molecule has 0 aromatic heterocycles. The molecule has 1 heterocycles. The van der Waals surface area contributed by atoms with Gasteiger partial charge in [-0.05, 0) is 12.1 Å². The molecule has 2 rings (SSSR count). The third-order valence-electron chi connectivity index (χ3n) is 3.28. The van der Waals surface area contributed by atoms with E-state index in [1.165, 1.54) is 6.07 Å². The number of aromatic carboxylic acids is 1. The summed E-state index contributed by atoms with van der Waals surface area (Å²) in [5, 5.41) is 58.3. The molecule has 1 aliphatic heterocycles. The summed E-state index contributed by atoms with van der Waals surface area (Å²) in [6.45, 7) is -0.620. The fourth-order valence-electron chi connectivity index (χ4n) is 2.05. The molecule has 0 radical (unpaired) electrons. The molecule has 23 heavy (non-hydrogen) atoms. The molecule has 1 aliphatic rings. The van der Waals surface area contributed by atoms with Gasteiger partial charge in [-0.1, -0.05) is 11.8 Å². The maximum Gasteiger partial charge on any atom is 1.00 e. The zero-order valence-electron chi connectivity index (χ0n) is 12.2. The van der Waals surface area contributed by atoms with Crippen LogP contribution in [-0.2, 0) is 4.74 Å². The molecule has 0 unspecified atom stereocenters. The Morgan fingerprint density at radius 3 is 2.43 bits per heavy atom. The minimum atomic E-state index is -1.63. The van der Waals surface area contributed by atoms with E-state index >= 15 is 0 Å². The molecule has 122 valence electrons. The van der Waals surface area contributed by atoms with Crippen molar-refractivity contribution < 1.29 is 96.3 Å². The number of benzene rings is 1. The maximum atomic E-state index is 11.3. The average Bonchev–Trinajstić information content (AvgIpc) is 2.49. The quantitative estimate of drug-likeness (QED) is 0.333. The van der Waals surface area contributed by atoms with Crippen molar-refractivity contribution in [3.8, 4) is 11.5 Å². The van der Waals surface area contributed by atoms with Gasteiger partial charge in [0.15, 0.2) is 0 Å². The van der Waals surface area contributed by atoms with Crippen molar-refractivity contribution in [1.82, 2.24) is 0 Å². The Bertz CT molecular complexity index is 550. The maximum absolute atomic E-state index is 11.3. The van der Waals surface area contributed by atoms with Crippen molar-refractivity contribution in [3.63, 3.8) is 0 Å². The van der Waals surface area contributed by atoms with Gasteiger partial charge in [-0.3, -0.25) is 0 Å². The summed E-state index contributed by atoms with van der Waals surface area (Å²) in [5.41, 5.74) is -0.526. The second-order valence-corrected chi connectivity index (χ2v) is 4.78. The first-order valence-corrected chi connectivity index (χ1v) is 6.36. The smallest absolute Gasteiger partial charge is 0.872 e. The van der Waals surface area contributed by atoms with Crippen molar-refractivity contribution in [2.45, 2.75) is 30.7 Å². The van der Waals surface area contributed by atoms with Gasteiger partial charge in [-0.25, -0.2) is 4.79 Å². The summed E-state index contributed by atoms with van der Waals surface area (Å²) in [7, 11) is 0. The first-order chi connectivity index (χ1) is 10.3. The summed E-state index contributed by atoms with van der Waals surface area (Å²) in [4.78, 5) is 10.9. The molecule has 0 aliphatic carbocycles. The van der Waals surface area contributed by atoms with Crippen LogP contribution in [0.15, 0.2) is 18.2 Å². The first-order valence-electron chi connectivity index (χ1n) is 6.36. The summed E-state index contributed by atoms with van der Waals surface area (Å²) in [6.07, 6.45) is -7.37. The molecule has 0 amide bonds. The number of hydrogen-bond acceptors (Lipinski definition) is 8. The number of aliphatic hydroxyl groups excluding tert-OH is 4. The number of carbonyl (C=O) groups is 1.